The Balaban J connectivity index is 2.50. The summed E-state index contributed by atoms with van der Waals surface area (Å²) in [6.07, 6.45) is 0.913. The molecule has 0 aliphatic heterocycles. The molecule has 0 spiro atoms. The molecule has 104 valence electrons. The van der Waals surface area contributed by atoms with Gasteiger partial charge < -0.3 is 24.7 Å². The summed E-state index contributed by atoms with van der Waals surface area (Å²) in [4.78, 5) is 25.4. The Morgan fingerprint density at radius 2 is 2.06 bits per heavy atom. The van der Waals surface area contributed by atoms with E-state index in [2.05, 4.69) is 0 Å². The summed E-state index contributed by atoms with van der Waals surface area (Å²) in [5.74, 6) is -1.03. The van der Waals surface area contributed by atoms with Gasteiger partial charge in [-0.1, -0.05) is 0 Å². The van der Waals surface area contributed by atoms with Gasteiger partial charge in [0.1, 0.15) is 6.54 Å². The van der Waals surface area contributed by atoms with E-state index in [1.807, 2.05) is 0 Å². The van der Waals surface area contributed by atoms with Crippen molar-refractivity contribution in [3.05, 3.63) is 0 Å². The number of ether oxygens (including phenoxy) is 1. The van der Waals surface area contributed by atoms with Crippen molar-refractivity contribution in [2.75, 3.05) is 33.9 Å². The number of carboxylic acid groups (broad SMARTS) is 1. The number of hydrogen-bond acceptors (Lipinski definition) is 4. The lowest BCUT2D eigenvalue weighted by molar-refractivity contribution is -0.137. The van der Waals surface area contributed by atoms with Crippen LogP contribution in [0.15, 0.2) is 0 Å². The van der Waals surface area contributed by atoms with Crippen molar-refractivity contribution in [3.8, 4) is 0 Å². The smallest absolute Gasteiger partial charge is 0.323 e. The molecular formula is C11H20N2O5. The number of carboxylic acids is 1. The van der Waals surface area contributed by atoms with E-state index >= 15 is 0 Å². The Morgan fingerprint density at radius 1 is 1.44 bits per heavy atom. The van der Waals surface area contributed by atoms with Gasteiger partial charge in [-0.25, -0.2) is 4.79 Å². The fourth-order valence-corrected chi connectivity index (χ4v) is 1.74. The highest BCUT2D eigenvalue weighted by molar-refractivity contribution is 5.80. The Bertz CT molecular complexity index is 306. The van der Waals surface area contributed by atoms with E-state index in [4.69, 9.17) is 9.84 Å². The van der Waals surface area contributed by atoms with Crippen molar-refractivity contribution < 1.29 is 24.5 Å². The van der Waals surface area contributed by atoms with Crippen molar-refractivity contribution >= 4 is 12.0 Å². The normalized spacial score (nSPS) is 16.2. The second kappa shape index (κ2) is 6.55. The monoisotopic (exact) mass is 260 g/mol. The van der Waals surface area contributed by atoms with E-state index in [-0.39, 0.29) is 31.8 Å². The van der Waals surface area contributed by atoms with Gasteiger partial charge in [0.2, 0.25) is 0 Å². The third kappa shape index (κ3) is 4.50. The summed E-state index contributed by atoms with van der Waals surface area (Å²) in [7, 11) is 3.00. The fourth-order valence-electron chi connectivity index (χ4n) is 1.74. The predicted molar refractivity (Wildman–Crippen MR) is 63.3 cm³/mol. The SMILES string of the molecule is COCC(O)CN(C)C(=O)N(CC(=O)O)C1CC1. The maximum Gasteiger partial charge on any atom is 0.323 e. The van der Waals surface area contributed by atoms with Gasteiger partial charge in [0.05, 0.1) is 19.3 Å². The molecule has 1 atom stereocenters. The number of amides is 2. The number of methoxy groups -OCH3 is 1. The van der Waals surface area contributed by atoms with E-state index in [0.717, 1.165) is 12.8 Å². The van der Waals surface area contributed by atoms with Gasteiger partial charge in [0, 0.05) is 20.2 Å². The number of rotatable bonds is 7. The molecule has 0 bridgehead atoms. The van der Waals surface area contributed by atoms with Crippen LogP contribution in [0.2, 0.25) is 0 Å². The highest BCUT2D eigenvalue weighted by Gasteiger charge is 2.35. The Labute approximate surface area is 106 Å². The van der Waals surface area contributed by atoms with E-state index in [1.165, 1.54) is 16.9 Å². The number of likely N-dealkylation sites (N-methyl/N-ethyl adjacent to an activating group) is 1. The van der Waals surface area contributed by atoms with Crippen molar-refractivity contribution in [3.63, 3.8) is 0 Å². The van der Waals surface area contributed by atoms with Crippen molar-refractivity contribution in [1.29, 1.82) is 0 Å². The van der Waals surface area contributed by atoms with Gasteiger partial charge in [-0.15, -0.1) is 0 Å². The molecule has 1 saturated carbocycles. The second-order valence-corrected chi connectivity index (χ2v) is 4.53. The molecular weight excluding hydrogens is 240 g/mol. The zero-order chi connectivity index (χ0) is 13.7. The first kappa shape index (κ1) is 14.7. The number of carbonyl (C=O) groups excluding carboxylic acids is 1. The summed E-state index contributed by atoms with van der Waals surface area (Å²) in [6, 6.07) is -0.342. The standard InChI is InChI=1S/C11H20N2O5/c1-12(5-9(14)7-18-2)11(17)13(6-10(15)16)8-3-4-8/h8-9,14H,3-7H2,1-2H3,(H,15,16). The van der Waals surface area contributed by atoms with Crippen LogP contribution < -0.4 is 0 Å². The minimum Gasteiger partial charge on any atom is -0.480 e. The number of aliphatic carboxylic acids is 1. The summed E-state index contributed by atoms with van der Waals surface area (Å²) >= 11 is 0. The zero-order valence-corrected chi connectivity index (χ0v) is 10.7. The molecule has 1 unspecified atom stereocenters. The number of aliphatic hydroxyl groups excluding tert-OH is 1. The zero-order valence-electron chi connectivity index (χ0n) is 10.7. The van der Waals surface area contributed by atoms with E-state index < -0.39 is 12.1 Å². The molecule has 0 aromatic carbocycles. The molecule has 0 radical (unpaired) electrons. The summed E-state index contributed by atoms with van der Waals surface area (Å²) in [6.45, 7) is -0.0380. The maximum absolute atomic E-state index is 12.0. The van der Waals surface area contributed by atoms with Crippen LogP contribution in [0.4, 0.5) is 4.79 Å². The lowest BCUT2D eigenvalue weighted by Crippen LogP contribution is -2.47. The average Bonchev–Trinajstić information content (AvgIpc) is 3.08. The van der Waals surface area contributed by atoms with Gasteiger partial charge in [-0.05, 0) is 12.8 Å². The van der Waals surface area contributed by atoms with Crippen LogP contribution in [0.25, 0.3) is 0 Å². The van der Waals surface area contributed by atoms with Gasteiger partial charge in [-0.2, -0.15) is 0 Å². The molecule has 0 heterocycles. The molecule has 1 aliphatic carbocycles. The molecule has 1 rings (SSSR count). The fraction of sp³-hybridized carbons (Fsp3) is 0.818. The Morgan fingerprint density at radius 3 is 2.50 bits per heavy atom. The minimum atomic E-state index is -1.03. The van der Waals surface area contributed by atoms with Crippen LogP contribution in [-0.2, 0) is 9.53 Å². The quantitative estimate of drug-likeness (QED) is 0.649. The third-order valence-electron chi connectivity index (χ3n) is 2.71. The summed E-state index contributed by atoms with van der Waals surface area (Å²) < 4.78 is 4.77. The van der Waals surface area contributed by atoms with Crippen LogP contribution in [0, 0.1) is 0 Å². The molecule has 0 saturated heterocycles. The Kier molecular flexibility index (Phi) is 5.36. The molecule has 2 amide bonds. The van der Waals surface area contributed by atoms with Crippen LogP contribution >= 0.6 is 0 Å². The largest absolute Gasteiger partial charge is 0.480 e. The highest BCUT2D eigenvalue weighted by atomic mass is 16.5. The first-order chi connectivity index (χ1) is 8.45. The van der Waals surface area contributed by atoms with Gasteiger partial charge >= 0.3 is 12.0 Å². The second-order valence-electron chi connectivity index (χ2n) is 4.53. The van der Waals surface area contributed by atoms with E-state index in [0.29, 0.717) is 0 Å². The maximum atomic E-state index is 12.0. The molecule has 0 aromatic rings. The molecule has 1 fully saturated rings. The number of nitrogens with zero attached hydrogens (tertiary/aromatic N) is 2. The molecule has 2 N–H and O–H groups in total. The molecule has 0 aromatic heterocycles. The van der Waals surface area contributed by atoms with Gasteiger partial charge in [-0.3, -0.25) is 4.79 Å². The third-order valence-corrected chi connectivity index (χ3v) is 2.71. The van der Waals surface area contributed by atoms with Crippen molar-refractivity contribution in [2.45, 2.75) is 25.0 Å². The molecule has 7 nitrogen and oxygen atoms in total. The first-order valence-electron chi connectivity index (χ1n) is 5.86. The van der Waals surface area contributed by atoms with Gasteiger partial charge in [0.25, 0.3) is 0 Å². The van der Waals surface area contributed by atoms with E-state index in [1.54, 1.807) is 7.05 Å². The van der Waals surface area contributed by atoms with E-state index in [9.17, 15) is 14.7 Å². The first-order valence-corrected chi connectivity index (χ1v) is 5.86. The van der Waals surface area contributed by atoms with Crippen LogP contribution in [0.1, 0.15) is 12.8 Å². The summed E-state index contributed by atoms with van der Waals surface area (Å²) in [5, 5.41) is 18.3. The van der Waals surface area contributed by atoms with Crippen LogP contribution in [0.3, 0.4) is 0 Å². The van der Waals surface area contributed by atoms with Crippen LogP contribution in [0.5, 0.6) is 0 Å². The number of carbonyl (C=O) groups is 2. The summed E-state index contributed by atoms with van der Waals surface area (Å²) in [5.41, 5.74) is 0. The molecule has 18 heavy (non-hydrogen) atoms. The molecule has 1 aliphatic rings. The van der Waals surface area contributed by atoms with Gasteiger partial charge in [0.15, 0.2) is 0 Å². The van der Waals surface area contributed by atoms with Crippen LogP contribution in [-0.4, -0.2) is 78.0 Å². The number of urea groups is 1. The van der Waals surface area contributed by atoms with Crippen molar-refractivity contribution in [1.82, 2.24) is 9.80 Å². The lowest BCUT2D eigenvalue weighted by Gasteiger charge is -2.28. The predicted octanol–water partition coefficient (Wildman–Crippen LogP) is -0.405. The highest BCUT2D eigenvalue weighted by Crippen LogP contribution is 2.27. The number of hydrogen-bond donors (Lipinski definition) is 2. The van der Waals surface area contributed by atoms with Crippen molar-refractivity contribution in [2.24, 2.45) is 0 Å². The Hall–Kier alpha value is -1.34. The average molecular weight is 260 g/mol. The lowest BCUT2D eigenvalue weighted by atomic mass is 10.3. The minimum absolute atomic E-state index is 0.0237. The number of aliphatic hydroxyl groups is 1. The topological polar surface area (TPSA) is 90.3 Å². The molecule has 7 heteroatoms.